The molecule has 1 aromatic carbocycles. The zero-order valence-corrected chi connectivity index (χ0v) is 19.8. The maximum atomic E-state index is 13.2. The summed E-state index contributed by atoms with van der Waals surface area (Å²) in [5.41, 5.74) is 11.2. The molecule has 0 radical (unpaired) electrons. The molecule has 0 bridgehead atoms. The summed E-state index contributed by atoms with van der Waals surface area (Å²) in [6.45, 7) is 6.17. The van der Waals surface area contributed by atoms with Gasteiger partial charge in [-0.05, 0) is 37.1 Å². The number of amides is 2. The number of aliphatic imine (C=N–C) groups is 1. The molecule has 2 amide bonds. The molecular weight excluding hydrogens is 430 g/mol. The first-order valence-electron chi connectivity index (χ1n) is 11.8. The molecule has 8 heteroatoms. The number of hydrogen-bond donors (Lipinski definition) is 2. The Balaban J connectivity index is 1.64. The second kappa shape index (κ2) is 10.2. The van der Waals surface area contributed by atoms with Crippen molar-refractivity contribution in [2.24, 2.45) is 10.7 Å². The number of aromatic nitrogens is 1. The number of hydrogen-bond acceptors (Lipinski definition) is 6. The zero-order chi connectivity index (χ0) is 24.2. The van der Waals surface area contributed by atoms with Gasteiger partial charge in [-0.25, -0.2) is 4.99 Å². The van der Waals surface area contributed by atoms with Crippen LogP contribution in [0.5, 0.6) is 0 Å². The van der Waals surface area contributed by atoms with E-state index in [1.165, 1.54) is 0 Å². The summed E-state index contributed by atoms with van der Waals surface area (Å²) in [5.74, 6) is 0.302. The number of pyridine rings is 1. The van der Waals surface area contributed by atoms with Crippen molar-refractivity contribution in [1.29, 1.82) is 0 Å². The van der Waals surface area contributed by atoms with E-state index in [0.29, 0.717) is 47.9 Å². The van der Waals surface area contributed by atoms with Crippen molar-refractivity contribution >= 4 is 29.4 Å². The molecule has 34 heavy (non-hydrogen) atoms. The van der Waals surface area contributed by atoms with E-state index in [2.05, 4.69) is 18.8 Å². The van der Waals surface area contributed by atoms with Crippen LogP contribution in [0.3, 0.4) is 0 Å². The van der Waals surface area contributed by atoms with Gasteiger partial charge in [-0.1, -0.05) is 26.0 Å². The van der Waals surface area contributed by atoms with E-state index in [4.69, 9.17) is 10.7 Å². The van der Waals surface area contributed by atoms with Gasteiger partial charge in [0.25, 0.3) is 5.91 Å². The average molecular weight is 462 g/mol. The van der Waals surface area contributed by atoms with Gasteiger partial charge in [0.1, 0.15) is 5.84 Å². The number of nitrogens with two attached hydrogens (primary N) is 1. The fourth-order valence-electron chi connectivity index (χ4n) is 4.45. The molecule has 3 N–H and O–H groups in total. The summed E-state index contributed by atoms with van der Waals surface area (Å²) in [6, 6.07) is 9.40. The van der Waals surface area contributed by atoms with E-state index < -0.39 is 0 Å². The van der Waals surface area contributed by atoms with Gasteiger partial charge in [0, 0.05) is 42.8 Å². The maximum Gasteiger partial charge on any atom is 0.256 e. The highest BCUT2D eigenvalue weighted by Crippen LogP contribution is 2.32. The first-order valence-corrected chi connectivity index (χ1v) is 11.8. The van der Waals surface area contributed by atoms with E-state index in [1.807, 2.05) is 35.2 Å². The highest BCUT2D eigenvalue weighted by molar-refractivity contribution is 6.05. The van der Waals surface area contributed by atoms with E-state index in [-0.39, 0.29) is 18.4 Å². The molecule has 2 aliphatic rings. The quantitative estimate of drug-likeness (QED) is 0.627. The third-order valence-corrected chi connectivity index (χ3v) is 6.04. The number of β-amino-alcohol motifs (C(OH)–C–C–N with tert-alkyl or cyclic N) is 1. The summed E-state index contributed by atoms with van der Waals surface area (Å²) >= 11 is 0. The highest BCUT2D eigenvalue weighted by atomic mass is 16.3. The molecule has 0 saturated heterocycles. The smallest absolute Gasteiger partial charge is 0.256 e. The predicted octanol–water partition coefficient (Wildman–Crippen LogP) is 3.12. The second-order valence-corrected chi connectivity index (χ2v) is 8.66. The van der Waals surface area contributed by atoms with Crippen LogP contribution in [0.1, 0.15) is 54.7 Å². The number of carbonyl (C=O) groups is 2. The van der Waals surface area contributed by atoms with Gasteiger partial charge in [-0.3, -0.25) is 14.6 Å². The number of carbonyl (C=O) groups excluding carboxylic acids is 2. The van der Waals surface area contributed by atoms with Gasteiger partial charge >= 0.3 is 0 Å². The summed E-state index contributed by atoms with van der Waals surface area (Å²) in [4.78, 5) is 38.4. The van der Waals surface area contributed by atoms with E-state index in [9.17, 15) is 14.7 Å². The summed E-state index contributed by atoms with van der Waals surface area (Å²) in [5, 5.41) is 9.18. The second-order valence-electron chi connectivity index (χ2n) is 8.66. The van der Waals surface area contributed by atoms with Crippen molar-refractivity contribution in [3.63, 3.8) is 0 Å². The van der Waals surface area contributed by atoms with E-state index >= 15 is 0 Å². The monoisotopic (exact) mass is 461 g/mol. The largest absolute Gasteiger partial charge is 0.395 e. The molecule has 2 aliphatic heterocycles. The van der Waals surface area contributed by atoms with Crippen molar-refractivity contribution < 1.29 is 14.7 Å². The molecule has 0 spiro atoms. The van der Waals surface area contributed by atoms with E-state index in [1.54, 1.807) is 11.0 Å². The molecule has 4 rings (SSSR count). The van der Waals surface area contributed by atoms with Crippen molar-refractivity contribution in [3.8, 4) is 11.3 Å². The van der Waals surface area contributed by atoms with Crippen LogP contribution in [-0.2, 0) is 11.3 Å². The average Bonchev–Trinajstić information content (AvgIpc) is 3.02. The highest BCUT2D eigenvalue weighted by Gasteiger charge is 2.28. The molecule has 0 unspecified atom stereocenters. The normalized spacial score (nSPS) is 14.8. The molecule has 178 valence electrons. The van der Waals surface area contributed by atoms with Crippen LogP contribution in [0.2, 0.25) is 0 Å². The number of rotatable bonds is 8. The lowest BCUT2D eigenvalue weighted by molar-refractivity contribution is -0.127. The third-order valence-electron chi connectivity index (χ3n) is 6.04. The number of benzene rings is 1. The van der Waals surface area contributed by atoms with Crippen LogP contribution in [0.25, 0.3) is 17.3 Å². The lowest BCUT2D eigenvalue weighted by atomic mass is 10.0. The van der Waals surface area contributed by atoms with Crippen LogP contribution in [0.15, 0.2) is 40.9 Å². The Morgan fingerprint density at radius 2 is 1.94 bits per heavy atom. The number of amidine groups is 1. The summed E-state index contributed by atoms with van der Waals surface area (Å²) in [7, 11) is 0. The molecular formula is C26H31N5O3. The Morgan fingerprint density at radius 3 is 2.65 bits per heavy atom. The first kappa shape index (κ1) is 23.6. The summed E-state index contributed by atoms with van der Waals surface area (Å²) in [6.07, 6.45) is 4.01. The minimum absolute atomic E-state index is 0.0103. The Kier molecular flexibility index (Phi) is 7.07. The molecule has 8 nitrogen and oxygen atoms in total. The first-order chi connectivity index (χ1) is 16.4. The van der Waals surface area contributed by atoms with Crippen molar-refractivity contribution in [2.45, 2.75) is 39.7 Å². The lowest BCUT2D eigenvalue weighted by Gasteiger charge is -2.22. The third kappa shape index (κ3) is 4.72. The standard InChI is InChI=1S/C26H31N5O3/c1-3-9-30(10-4-2)25(33)19-13-17-5-6-18(14-22(17)29-24(27)15-19)21-8-7-20-23(28-21)16-31(11-12-32)26(20)34/h5-8,13-14,32H,3-4,9-12,15-16H2,1-2H3,(H2,27,29). The van der Waals surface area contributed by atoms with Crippen molar-refractivity contribution in [2.75, 3.05) is 26.2 Å². The van der Waals surface area contributed by atoms with Gasteiger partial charge in [0.2, 0.25) is 5.91 Å². The Hall–Kier alpha value is -3.52. The van der Waals surface area contributed by atoms with Crippen LogP contribution in [0.4, 0.5) is 5.69 Å². The number of nitrogens with zero attached hydrogens (tertiary/aromatic N) is 4. The predicted molar refractivity (Wildman–Crippen MR) is 133 cm³/mol. The zero-order valence-electron chi connectivity index (χ0n) is 19.8. The van der Waals surface area contributed by atoms with Crippen molar-refractivity contribution in [3.05, 3.63) is 52.7 Å². The molecule has 0 atom stereocenters. The minimum atomic E-state index is -0.107. The van der Waals surface area contributed by atoms with Gasteiger partial charge in [0.05, 0.1) is 35.8 Å². The Bertz CT molecular complexity index is 1170. The molecule has 2 aromatic rings. The van der Waals surface area contributed by atoms with Gasteiger partial charge in [-0.2, -0.15) is 0 Å². The van der Waals surface area contributed by atoms with Crippen LogP contribution >= 0.6 is 0 Å². The fraction of sp³-hybridized carbons (Fsp3) is 0.385. The van der Waals surface area contributed by atoms with Crippen LogP contribution < -0.4 is 5.73 Å². The SMILES string of the molecule is CCCN(CCC)C(=O)C1=Cc2ccc(-c3ccc4c(n3)CN(CCO)C4=O)cc2N=C(N)C1. The van der Waals surface area contributed by atoms with Gasteiger partial charge < -0.3 is 20.6 Å². The van der Waals surface area contributed by atoms with Gasteiger partial charge in [0.15, 0.2) is 0 Å². The fourth-order valence-corrected chi connectivity index (χ4v) is 4.45. The molecule has 0 aliphatic carbocycles. The minimum Gasteiger partial charge on any atom is -0.395 e. The Morgan fingerprint density at radius 1 is 1.18 bits per heavy atom. The maximum absolute atomic E-state index is 13.2. The number of aliphatic hydroxyl groups is 1. The topological polar surface area (TPSA) is 112 Å². The van der Waals surface area contributed by atoms with Crippen molar-refractivity contribution in [1.82, 2.24) is 14.8 Å². The molecule has 3 heterocycles. The molecule has 0 saturated carbocycles. The lowest BCUT2D eigenvalue weighted by Crippen LogP contribution is -2.34. The number of aliphatic hydroxyl groups excluding tert-OH is 1. The molecule has 0 fully saturated rings. The Labute approximate surface area is 199 Å². The number of fused-ring (bicyclic) bond motifs is 2. The summed E-state index contributed by atoms with van der Waals surface area (Å²) < 4.78 is 0. The van der Waals surface area contributed by atoms with Crippen LogP contribution in [-0.4, -0.2) is 63.8 Å². The van der Waals surface area contributed by atoms with Gasteiger partial charge in [-0.15, -0.1) is 0 Å². The molecule has 1 aromatic heterocycles. The van der Waals surface area contributed by atoms with Crippen LogP contribution in [0, 0.1) is 0 Å². The van der Waals surface area contributed by atoms with E-state index in [0.717, 1.165) is 42.8 Å².